The zero-order chi connectivity index (χ0) is 12.8. The van der Waals surface area contributed by atoms with Crippen LogP contribution in [0.25, 0.3) is 0 Å². The molecule has 17 heavy (non-hydrogen) atoms. The van der Waals surface area contributed by atoms with E-state index in [2.05, 4.69) is 18.8 Å². The summed E-state index contributed by atoms with van der Waals surface area (Å²) < 4.78 is 0. The molecule has 0 saturated heterocycles. The largest absolute Gasteiger partial charge is 0.480 e. The molecular formula is C12H20N2O3. The molecule has 0 aromatic heterocycles. The van der Waals surface area contributed by atoms with Gasteiger partial charge in [-0.2, -0.15) is 0 Å². The lowest BCUT2D eigenvalue weighted by Crippen LogP contribution is -2.47. The minimum absolute atomic E-state index is 0.170. The summed E-state index contributed by atoms with van der Waals surface area (Å²) in [7, 11) is 0. The summed E-state index contributed by atoms with van der Waals surface area (Å²) >= 11 is 0. The number of aliphatic carboxylic acids is 1. The molecule has 2 unspecified atom stereocenters. The minimum Gasteiger partial charge on any atom is -0.480 e. The van der Waals surface area contributed by atoms with Gasteiger partial charge in [0, 0.05) is 12.6 Å². The van der Waals surface area contributed by atoms with Crippen LogP contribution in [0.1, 0.15) is 26.2 Å². The Morgan fingerprint density at radius 2 is 2.24 bits per heavy atom. The lowest BCUT2D eigenvalue weighted by Gasteiger charge is -2.24. The number of nitrogens with zero attached hydrogens (tertiary/aromatic N) is 1. The fraction of sp³-hybridized carbons (Fsp3) is 0.667. The number of nitrogens with one attached hydrogen (secondary N) is 1. The first-order valence-corrected chi connectivity index (χ1v) is 5.92. The number of carbonyl (C=O) groups is 2. The van der Waals surface area contributed by atoms with Crippen LogP contribution in [0.15, 0.2) is 12.7 Å². The maximum atomic E-state index is 11.9. The number of carboxylic acid groups (broad SMARTS) is 1. The lowest BCUT2D eigenvalue weighted by atomic mass is 10.1. The summed E-state index contributed by atoms with van der Waals surface area (Å²) in [5.74, 6) is -0.546. The summed E-state index contributed by atoms with van der Waals surface area (Å²) in [6.45, 7) is 5.58. The Morgan fingerprint density at radius 1 is 1.53 bits per heavy atom. The molecule has 5 nitrogen and oxygen atoms in total. The van der Waals surface area contributed by atoms with Crippen molar-refractivity contribution in [3.05, 3.63) is 12.7 Å². The zero-order valence-corrected chi connectivity index (χ0v) is 10.2. The average molecular weight is 240 g/mol. The highest BCUT2D eigenvalue weighted by atomic mass is 16.4. The van der Waals surface area contributed by atoms with Gasteiger partial charge in [-0.25, -0.2) is 4.79 Å². The molecule has 2 N–H and O–H groups in total. The standard InChI is InChI=1S/C12H20N2O3/c1-3-7-14(8-11(15)16)12(17)13-10-6-4-5-9(10)2/h3,9-10H,1,4-8H2,2H3,(H,13,17)(H,15,16). The van der Waals surface area contributed by atoms with Crippen molar-refractivity contribution in [3.8, 4) is 0 Å². The minimum atomic E-state index is -1.01. The van der Waals surface area contributed by atoms with E-state index in [9.17, 15) is 9.59 Å². The molecule has 0 bridgehead atoms. The molecule has 1 fully saturated rings. The van der Waals surface area contributed by atoms with E-state index in [0.29, 0.717) is 5.92 Å². The quantitative estimate of drug-likeness (QED) is 0.715. The van der Waals surface area contributed by atoms with Crippen LogP contribution in [-0.4, -0.2) is 41.1 Å². The maximum absolute atomic E-state index is 11.9. The van der Waals surface area contributed by atoms with E-state index in [-0.39, 0.29) is 25.2 Å². The van der Waals surface area contributed by atoms with Gasteiger partial charge in [0.25, 0.3) is 0 Å². The Morgan fingerprint density at radius 3 is 2.71 bits per heavy atom. The summed E-state index contributed by atoms with van der Waals surface area (Å²) in [5, 5.41) is 11.6. The molecule has 96 valence electrons. The summed E-state index contributed by atoms with van der Waals surface area (Å²) in [6.07, 6.45) is 4.74. The summed E-state index contributed by atoms with van der Waals surface area (Å²) in [4.78, 5) is 23.8. The molecular weight excluding hydrogens is 220 g/mol. The predicted molar refractivity (Wildman–Crippen MR) is 64.7 cm³/mol. The highest BCUT2D eigenvalue weighted by molar-refractivity contribution is 5.80. The van der Waals surface area contributed by atoms with Crippen LogP contribution in [-0.2, 0) is 4.79 Å². The highest BCUT2D eigenvalue weighted by Gasteiger charge is 2.26. The molecule has 0 aromatic rings. The molecule has 0 aromatic carbocycles. The average Bonchev–Trinajstić information content (AvgIpc) is 2.63. The van der Waals surface area contributed by atoms with Gasteiger partial charge in [-0.15, -0.1) is 6.58 Å². The number of rotatable bonds is 5. The molecule has 2 atom stereocenters. The Hall–Kier alpha value is -1.52. The van der Waals surface area contributed by atoms with Crippen molar-refractivity contribution in [2.75, 3.05) is 13.1 Å². The predicted octanol–water partition coefficient (Wildman–Crippen LogP) is 1.46. The lowest BCUT2D eigenvalue weighted by molar-refractivity contribution is -0.137. The number of carbonyl (C=O) groups excluding carboxylic acids is 1. The van der Waals surface area contributed by atoms with Crippen LogP contribution < -0.4 is 5.32 Å². The van der Waals surface area contributed by atoms with Gasteiger partial charge in [0.15, 0.2) is 0 Å². The topological polar surface area (TPSA) is 69.6 Å². The van der Waals surface area contributed by atoms with Gasteiger partial charge in [0.05, 0.1) is 0 Å². The van der Waals surface area contributed by atoms with Gasteiger partial charge in [-0.1, -0.05) is 19.4 Å². The first-order chi connectivity index (χ1) is 8.04. The molecule has 1 rings (SSSR count). The van der Waals surface area contributed by atoms with Crippen molar-refractivity contribution in [2.45, 2.75) is 32.2 Å². The third-order valence-electron chi connectivity index (χ3n) is 3.13. The first kappa shape index (κ1) is 13.5. The number of urea groups is 1. The molecule has 0 heterocycles. The number of hydrogen-bond acceptors (Lipinski definition) is 2. The van der Waals surface area contributed by atoms with Crippen molar-refractivity contribution >= 4 is 12.0 Å². The van der Waals surface area contributed by atoms with Crippen LogP contribution in [0.3, 0.4) is 0 Å². The van der Waals surface area contributed by atoms with Crippen LogP contribution >= 0.6 is 0 Å². The second-order valence-electron chi connectivity index (χ2n) is 4.53. The van der Waals surface area contributed by atoms with Crippen molar-refractivity contribution in [3.63, 3.8) is 0 Å². The Balaban J connectivity index is 2.51. The second-order valence-corrected chi connectivity index (χ2v) is 4.53. The summed E-state index contributed by atoms with van der Waals surface area (Å²) in [6, 6.07) is -0.144. The van der Waals surface area contributed by atoms with E-state index < -0.39 is 5.97 Å². The van der Waals surface area contributed by atoms with Gasteiger partial charge in [0.2, 0.25) is 0 Å². The molecule has 0 aliphatic heterocycles. The van der Waals surface area contributed by atoms with Crippen LogP contribution in [0.2, 0.25) is 0 Å². The van der Waals surface area contributed by atoms with E-state index in [1.165, 1.54) is 11.0 Å². The van der Waals surface area contributed by atoms with Crippen molar-refractivity contribution in [2.24, 2.45) is 5.92 Å². The molecule has 0 radical (unpaired) electrons. The third-order valence-corrected chi connectivity index (χ3v) is 3.13. The van der Waals surface area contributed by atoms with Gasteiger partial charge < -0.3 is 15.3 Å². The van der Waals surface area contributed by atoms with Gasteiger partial charge >= 0.3 is 12.0 Å². The van der Waals surface area contributed by atoms with Crippen LogP contribution in [0.5, 0.6) is 0 Å². The van der Waals surface area contributed by atoms with E-state index in [1.807, 2.05) is 0 Å². The molecule has 0 spiro atoms. The van der Waals surface area contributed by atoms with E-state index in [0.717, 1.165) is 19.3 Å². The van der Waals surface area contributed by atoms with Gasteiger partial charge in [0.1, 0.15) is 6.54 Å². The normalized spacial score (nSPS) is 23.1. The van der Waals surface area contributed by atoms with E-state index in [4.69, 9.17) is 5.11 Å². The molecule has 1 aliphatic carbocycles. The molecule has 5 heteroatoms. The monoisotopic (exact) mass is 240 g/mol. The number of carboxylic acids is 1. The summed E-state index contributed by atoms with van der Waals surface area (Å²) in [5.41, 5.74) is 0. The van der Waals surface area contributed by atoms with Crippen molar-refractivity contribution in [1.82, 2.24) is 10.2 Å². The van der Waals surface area contributed by atoms with Crippen LogP contribution in [0, 0.1) is 5.92 Å². The fourth-order valence-corrected chi connectivity index (χ4v) is 2.15. The first-order valence-electron chi connectivity index (χ1n) is 5.92. The number of hydrogen-bond donors (Lipinski definition) is 2. The Bertz CT molecular complexity index is 304. The van der Waals surface area contributed by atoms with E-state index in [1.54, 1.807) is 0 Å². The second kappa shape index (κ2) is 6.27. The zero-order valence-electron chi connectivity index (χ0n) is 10.2. The van der Waals surface area contributed by atoms with Gasteiger partial charge in [-0.05, 0) is 18.8 Å². The highest BCUT2D eigenvalue weighted by Crippen LogP contribution is 2.24. The van der Waals surface area contributed by atoms with Crippen molar-refractivity contribution in [1.29, 1.82) is 0 Å². The third kappa shape index (κ3) is 4.09. The molecule has 1 saturated carbocycles. The molecule has 1 aliphatic rings. The Labute approximate surface area is 101 Å². The van der Waals surface area contributed by atoms with Crippen LogP contribution in [0.4, 0.5) is 4.79 Å². The fourth-order valence-electron chi connectivity index (χ4n) is 2.15. The molecule has 2 amide bonds. The number of amides is 2. The smallest absolute Gasteiger partial charge is 0.323 e. The van der Waals surface area contributed by atoms with E-state index >= 15 is 0 Å². The van der Waals surface area contributed by atoms with Gasteiger partial charge in [-0.3, -0.25) is 4.79 Å². The Kier molecular flexibility index (Phi) is 5.00. The maximum Gasteiger partial charge on any atom is 0.323 e. The van der Waals surface area contributed by atoms with Crippen molar-refractivity contribution < 1.29 is 14.7 Å². The SMILES string of the molecule is C=CCN(CC(=O)O)C(=O)NC1CCCC1C.